The van der Waals surface area contributed by atoms with Gasteiger partial charge in [-0.3, -0.25) is 9.59 Å². The van der Waals surface area contributed by atoms with Crippen LogP contribution in [0.3, 0.4) is 0 Å². The predicted octanol–water partition coefficient (Wildman–Crippen LogP) is 0.943. The fraction of sp³-hybridized carbons (Fsp3) is 0.727. The lowest BCUT2D eigenvalue weighted by Gasteiger charge is -2.23. The topological polar surface area (TPSA) is 72.9 Å². The Morgan fingerprint density at radius 2 is 1.94 bits per heavy atom. The molecule has 1 aliphatic heterocycles. The van der Waals surface area contributed by atoms with Gasteiger partial charge >= 0.3 is 12.1 Å². The van der Waals surface area contributed by atoms with Crippen molar-refractivity contribution in [3.05, 3.63) is 0 Å². The maximum absolute atomic E-state index is 11.7. The van der Waals surface area contributed by atoms with E-state index < -0.39 is 29.5 Å². The Balaban J connectivity index is 2.65. The number of amides is 2. The molecular formula is C11H17NO5. The van der Waals surface area contributed by atoms with E-state index in [1.165, 1.54) is 7.11 Å². The molecule has 0 N–H and O–H groups in total. The minimum absolute atomic E-state index is 0.00802. The van der Waals surface area contributed by atoms with E-state index in [-0.39, 0.29) is 13.0 Å². The van der Waals surface area contributed by atoms with Gasteiger partial charge in [0.2, 0.25) is 5.91 Å². The number of likely N-dealkylation sites (tertiary alicyclic amines) is 1. The summed E-state index contributed by atoms with van der Waals surface area (Å²) in [4.78, 5) is 35.4. The largest absolute Gasteiger partial charge is 0.469 e. The number of carbonyl (C=O) groups is 3. The summed E-state index contributed by atoms with van der Waals surface area (Å²) in [6, 6.07) is 0. The number of methoxy groups -OCH3 is 1. The molecule has 1 heterocycles. The molecular weight excluding hydrogens is 226 g/mol. The zero-order valence-corrected chi connectivity index (χ0v) is 10.5. The highest BCUT2D eigenvalue weighted by Gasteiger charge is 2.40. The van der Waals surface area contributed by atoms with E-state index in [9.17, 15) is 14.4 Å². The van der Waals surface area contributed by atoms with Crippen LogP contribution in [-0.2, 0) is 19.1 Å². The molecule has 0 aliphatic carbocycles. The standard InChI is InChI=1S/C11H17NO5/c1-11(2,3)17-10(15)12-6-7(5-8(12)13)9(14)16-4/h7H,5-6H2,1-4H3/t7-/m0/s1. The smallest absolute Gasteiger partial charge is 0.417 e. The van der Waals surface area contributed by atoms with Gasteiger partial charge < -0.3 is 9.47 Å². The maximum atomic E-state index is 11.7. The summed E-state index contributed by atoms with van der Waals surface area (Å²) in [7, 11) is 1.25. The highest BCUT2D eigenvalue weighted by atomic mass is 16.6. The second kappa shape index (κ2) is 4.73. The molecule has 1 aliphatic rings. The molecule has 1 rings (SSSR count). The normalized spacial score (nSPS) is 20.4. The molecule has 1 atom stereocenters. The number of hydrogen-bond donors (Lipinski definition) is 0. The Bertz CT molecular complexity index is 344. The number of nitrogens with zero attached hydrogens (tertiary/aromatic N) is 1. The molecule has 0 bridgehead atoms. The van der Waals surface area contributed by atoms with Crippen LogP contribution in [-0.4, -0.2) is 42.1 Å². The lowest BCUT2D eigenvalue weighted by Crippen LogP contribution is -2.38. The van der Waals surface area contributed by atoms with E-state index in [1.54, 1.807) is 20.8 Å². The van der Waals surface area contributed by atoms with Gasteiger partial charge in [-0.05, 0) is 20.8 Å². The fourth-order valence-corrected chi connectivity index (χ4v) is 1.53. The van der Waals surface area contributed by atoms with E-state index in [0.29, 0.717) is 0 Å². The van der Waals surface area contributed by atoms with Crippen LogP contribution < -0.4 is 0 Å². The van der Waals surface area contributed by atoms with Crippen LogP contribution in [0.4, 0.5) is 4.79 Å². The van der Waals surface area contributed by atoms with E-state index in [2.05, 4.69) is 4.74 Å². The zero-order chi connectivity index (χ0) is 13.2. The van der Waals surface area contributed by atoms with Gasteiger partial charge in [0.05, 0.1) is 13.0 Å². The lowest BCUT2D eigenvalue weighted by atomic mass is 10.1. The third-order valence-corrected chi connectivity index (χ3v) is 2.27. The quantitative estimate of drug-likeness (QED) is 0.641. The van der Waals surface area contributed by atoms with Gasteiger partial charge in [-0.15, -0.1) is 0 Å². The molecule has 0 radical (unpaired) electrons. The first-order valence-electron chi connectivity index (χ1n) is 5.36. The van der Waals surface area contributed by atoms with Crippen molar-refractivity contribution in [1.82, 2.24) is 4.90 Å². The van der Waals surface area contributed by atoms with Gasteiger partial charge in [0.15, 0.2) is 0 Å². The summed E-state index contributed by atoms with van der Waals surface area (Å²) in [5.74, 6) is -1.47. The maximum Gasteiger partial charge on any atom is 0.417 e. The molecule has 1 saturated heterocycles. The van der Waals surface area contributed by atoms with Crippen LogP contribution >= 0.6 is 0 Å². The third-order valence-electron chi connectivity index (χ3n) is 2.27. The number of rotatable bonds is 1. The summed E-state index contributed by atoms with van der Waals surface area (Å²) < 4.78 is 9.61. The van der Waals surface area contributed by atoms with Gasteiger partial charge in [0, 0.05) is 13.0 Å². The zero-order valence-electron chi connectivity index (χ0n) is 10.5. The minimum Gasteiger partial charge on any atom is -0.469 e. The van der Waals surface area contributed by atoms with Crippen LogP contribution in [0.1, 0.15) is 27.2 Å². The third kappa shape index (κ3) is 3.44. The molecule has 0 unspecified atom stereocenters. The van der Waals surface area contributed by atoms with Crippen molar-refractivity contribution in [3.63, 3.8) is 0 Å². The minimum atomic E-state index is -0.714. The van der Waals surface area contributed by atoms with Crippen LogP contribution in [0.25, 0.3) is 0 Å². The van der Waals surface area contributed by atoms with Crippen LogP contribution in [0.2, 0.25) is 0 Å². The van der Waals surface area contributed by atoms with Crippen molar-refractivity contribution < 1.29 is 23.9 Å². The summed E-state index contributed by atoms with van der Waals surface area (Å²) in [6.45, 7) is 5.16. The van der Waals surface area contributed by atoms with Gasteiger partial charge in [0.1, 0.15) is 5.60 Å². The van der Waals surface area contributed by atoms with Crippen LogP contribution in [0, 0.1) is 5.92 Å². The molecule has 1 fully saturated rings. The monoisotopic (exact) mass is 243 g/mol. The van der Waals surface area contributed by atoms with Crippen molar-refractivity contribution in [1.29, 1.82) is 0 Å². The number of imide groups is 1. The number of esters is 1. The van der Waals surface area contributed by atoms with Crippen molar-refractivity contribution in [2.75, 3.05) is 13.7 Å². The van der Waals surface area contributed by atoms with Gasteiger partial charge in [-0.25, -0.2) is 9.69 Å². The average Bonchev–Trinajstić information content (AvgIpc) is 2.56. The SMILES string of the molecule is COC(=O)[C@H]1CC(=O)N(C(=O)OC(C)(C)C)C1. The van der Waals surface area contributed by atoms with Crippen molar-refractivity contribution in [2.24, 2.45) is 5.92 Å². The first-order valence-corrected chi connectivity index (χ1v) is 5.36. The van der Waals surface area contributed by atoms with Gasteiger partial charge in [0.25, 0.3) is 0 Å². The molecule has 17 heavy (non-hydrogen) atoms. The van der Waals surface area contributed by atoms with E-state index in [4.69, 9.17) is 4.74 Å². The van der Waals surface area contributed by atoms with Gasteiger partial charge in [-0.1, -0.05) is 0 Å². The Morgan fingerprint density at radius 3 is 2.41 bits per heavy atom. The summed E-state index contributed by atoms with van der Waals surface area (Å²) in [5, 5.41) is 0. The molecule has 96 valence electrons. The van der Waals surface area contributed by atoms with E-state index >= 15 is 0 Å². The average molecular weight is 243 g/mol. The van der Waals surface area contributed by atoms with Gasteiger partial charge in [-0.2, -0.15) is 0 Å². The van der Waals surface area contributed by atoms with Crippen molar-refractivity contribution in [2.45, 2.75) is 32.8 Å². The number of ether oxygens (including phenoxy) is 2. The Kier molecular flexibility index (Phi) is 3.75. The highest BCUT2D eigenvalue weighted by Crippen LogP contribution is 2.21. The van der Waals surface area contributed by atoms with Crippen molar-refractivity contribution in [3.8, 4) is 0 Å². The Labute approximate surface area is 99.9 Å². The summed E-state index contributed by atoms with van der Waals surface area (Å²) in [6.07, 6.45) is -0.722. The Morgan fingerprint density at radius 1 is 1.35 bits per heavy atom. The van der Waals surface area contributed by atoms with Crippen molar-refractivity contribution >= 4 is 18.0 Å². The first-order chi connectivity index (χ1) is 7.74. The predicted molar refractivity (Wildman–Crippen MR) is 58.1 cm³/mol. The molecule has 0 aromatic rings. The molecule has 6 nitrogen and oxygen atoms in total. The Hall–Kier alpha value is -1.59. The van der Waals surface area contributed by atoms with E-state index in [0.717, 1.165) is 4.90 Å². The summed E-state index contributed by atoms with van der Waals surface area (Å²) >= 11 is 0. The summed E-state index contributed by atoms with van der Waals surface area (Å²) in [5.41, 5.74) is -0.666. The van der Waals surface area contributed by atoms with Crippen LogP contribution in [0.5, 0.6) is 0 Å². The molecule has 0 aromatic carbocycles. The highest BCUT2D eigenvalue weighted by molar-refractivity contribution is 5.97. The number of hydrogen-bond acceptors (Lipinski definition) is 5. The molecule has 0 saturated carbocycles. The van der Waals surface area contributed by atoms with E-state index in [1.807, 2.05) is 0 Å². The fourth-order valence-electron chi connectivity index (χ4n) is 1.53. The lowest BCUT2D eigenvalue weighted by molar-refractivity contribution is -0.145. The van der Waals surface area contributed by atoms with Crippen LogP contribution in [0.15, 0.2) is 0 Å². The second-order valence-electron chi connectivity index (χ2n) is 4.91. The first kappa shape index (κ1) is 13.5. The number of carbonyl (C=O) groups excluding carboxylic acids is 3. The molecule has 0 aromatic heterocycles. The molecule has 6 heteroatoms. The molecule has 0 spiro atoms. The second-order valence-corrected chi connectivity index (χ2v) is 4.91. The molecule has 2 amide bonds.